The van der Waals surface area contributed by atoms with Crippen LogP contribution in [-0.4, -0.2) is 56.2 Å². The molecule has 6 nitrogen and oxygen atoms in total. The molecule has 3 atom stereocenters. The predicted octanol–water partition coefficient (Wildman–Crippen LogP) is -1.46. The van der Waals surface area contributed by atoms with Crippen LogP contribution in [0, 0.1) is 0 Å². The minimum absolute atomic E-state index is 0.519. The number of aliphatic carboxylic acids is 3. The molecule has 0 bridgehead atoms. The molecule has 0 N–H and O–H groups in total. The van der Waals surface area contributed by atoms with E-state index in [4.69, 9.17) is 0 Å². The van der Waals surface area contributed by atoms with E-state index in [1.807, 2.05) is 0 Å². The molecule has 0 aromatic rings. The third kappa shape index (κ3) is 27.4. The molecule has 0 aliphatic rings. The number of hydrogen-bond donors (Lipinski definition) is 3. The molecular weight excluding hydrogens is 467 g/mol. The Morgan fingerprint density at radius 2 is 0.826 bits per heavy atom. The molecule has 0 spiro atoms. The number of hydrogen-bond acceptors (Lipinski definition) is 9. The third-order valence-corrected chi connectivity index (χ3v) is 3.70. The fourth-order valence-corrected chi connectivity index (χ4v) is 0.500. The normalized spacial score (nSPS) is 12.6. The van der Waals surface area contributed by atoms with E-state index in [1.54, 1.807) is 43.3 Å². The zero-order chi connectivity index (χ0) is 19.6. The van der Waals surface area contributed by atoms with E-state index in [-0.39, 0.29) is 0 Å². The van der Waals surface area contributed by atoms with Gasteiger partial charge in [-0.2, -0.15) is 37.9 Å². The number of carboxylic acids is 3. The number of thiol groups is 3. The molecule has 0 heterocycles. The predicted molar refractivity (Wildman–Crippen MR) is 95.8 cm³/mol. The topological polar surface area (TPSA) is 120 Å². The number of carbonyl (C=O) groups is 3. The van der Waals surface area contributed by atoms with Crippen LogP contribution in [0.25, 0.3) is 0 Å². The van der Waals surface area contributed by atoms with E-state index < -0.39 is 33.7 Å². The Balaban J connectivity index is -0.000000111. The van der Waals surface area contributed by atoms with Crippen molar-refractivity contribution in [3.05, 3.63) is 0 Å². The molecule has 23 heavy (non-hydrogen) atoms. The summed E-state index contributed by atoms with van der Waals surface area (Å²) in [5.41, 5.74) is 0. The van der Waals surface area contributed by atoms with Gasteiger partial charge in [0.25, 0.3) is 0 Å². The van der Waals surface area contributed by atoms with Gasteiger partial charge < -0.3 is 29.7 Å². The molecule has 0 aliphatic heterocycles. The monoisotopic (exact) mass is 492 g/mol. The van der Waals surface area contributed by atoms with Crippen LogP contribution in [0.4, 0.5) is 0 Å². The molecule has 0 rings (SSSR count). The van der Waals surface area contributed by atoms with Crippen LogP contribution in [0.2, 0.25) is 4.94 Å². The van der Waals surface area contributed by atoms with Crippen molar-refractivity contribution in [3.63, 3.8) is 0 Å². The van der Waals surface area contributed by atoms with Crippen molar-refractivity contribution in [1.29, 1.82) is 0 Å². The first-order valence-electron chi connectivity index (χ1n) is 6.71. The molecule has 0 amide bonds. The summed E-state index contributed by atoms with van der Waals surface area (Å²) in [5.74, 6) is -3.28. The molecule has 10 heteroatoms. The van der Waals surface area contributed by atoms with E-state index >= 15 is 0 Å². The zero-order valence-corrected chi connectivity index (χ0v) is 19.2. The Labute approximate surface area is 168 Å². The van der Waals surface area contributed by atoms with Crippen LogP contribution >= 0.6 is 37.9 Å². The van der Waals surface area contributed by atoms with Crippen molar-refractivity contribution < 1.29 is 29.7 Å². The summed E-state index contributed by atoms with van der Waals surface area (Å²) in [5, 5.41) is 27.4. The molecule has 3 unspecified atom stereocenters. The van der Waals surface area contributed by atoms with Crippen LogP contribution in [0.1, 0.15) is 40.0 Å². The summed E-state index contributed by atoms with van der Waals surface area (Å²) in [6.45, 7) is 5.23. The second kappa shape index (κ2) is 22.3. The van der Waals surface area contributed by atoms with Crippen LogP contribution in [0.3, 0.4) is 0 Å². The Kier molecular flexibility index (Phi) is 30.1. The Morgan fingerprint density at radius 1 is 0.696 bits per heavy atom. The average molecular weight is 491 g/mol. The van der Waals surface area contributed by atoms with Crippen LogP contribution in [-0.2, 0) is 14.4 Å². The van der Waals surface area contributed by atoms with Gasteiger partial charge in [0.2, 0.25) is 0 Å². The van der Waals surface area contributed by atoms with Crippen LogP contribution < -0.4 is 15.3 Å². The molecule has 0 aromatic heterocycles. The Hall–Kier alpha value is 0.259. The molecule has 0 radical (unpaired) electrons. The molecule has 134 valence electrons. The summed E-state index contributed by atoms with van der Waals surface area (Å²) < 4.78 is 0. The maximum atomic E-state index is 9.74. The van der Waals surface area contributed by atoms with Gasteiger partial charge in [-0.05, 0) is 19.3 Å². The molecular formula is C13H24O6S3Sn. The van der Waals surface area contributed by atoms with E-state index in [1.165, 1.54) is 0 Å². The van der Waals surface area contributed by atoms with Crippen LogP contribution in [0.5, 0.6) is 0 Å². The summed E-state index contributed by atoms with van der Waals surface area (Å²) in [7, 11) is 0. The number of rotatable bonds is 6. The maximum absolute atomic E-state index is 9.74. The number of carbonyl (C=O) groups excluding carboxylic acids is 3. The van der Waals surface area contributed by atoms with Gasteiger partial charge >= 0.3 is 27.5 Å². The average Bonchev–Trinajstić information content (AvgIpc) is 2.54. The van der Waals surface area contributed by atoms with Crippen LogP contribution in [0.15, 0.2) is 0 Å². The quantitative estimate of drug-likeness (QED) is 0.309. The third-order valence-electron chi connectivity index (χ3n) is 1.98. The first kappa shape index (κ1) is 31.1. The Bertz CT molecular complexity index is 271. The second-order valence-electron chi connectivity index (χ2n) is 3.73. The SMILES string of the molecule is CCC(S)C(=O)[O-].CCC(S)C(=O)[O-].CCC(S)C(=O)[O-].[CH3][Sn+3]. The van der Waals surface area contributed by atoms with Gasteiger partial charge in [-0.3, -0.25) is 0 Å². The summed E-state index contributed by atoms with van der Waals surface area (Å²) >= 11 is 12.5. The van der Waals surface area contributed by atoms with E-state index in [0.29, 0.717) is 19.3 Å². The summed E-state index contributed by atoms with van der Waals surface area (Å²) in [6.07, 6.45) is 1.56. The number of carboxylic acid groups (broad SMARTS) is 3. The molecule has 0 fully saturated rings. The summed E-state index contributed by atoms with van der Waals surface area (Å²) in [4.78, 5) is 31.3. The summed E-state index contributed by atoms with van der Waals surface area (Å²) in [6, 6.07) is 0. The van der Waals surface area contributed by atoms with Crippen molar-refractivity contribution >= 4 is 78.3 Å². The van der Waals surface area contributed by atoms with Crippen molar-refractivity contribution in [3.8, 4) is 0 Å². The van der Waals surface area contributed by atoms with E-state index in [2.05, 4.69) is 42.8 Å². The van der Waals surface area contributed by atoms with Crippen molar-refractivity contribution in [1.82, 2.24) is 0 Å². The van der Waals surface area contributed by atoms with Gasteiger partial charge in [-0.1, -0.05) is 20.8 Å². The first-order valence-corrected chi connectivity index (χ1v) is 11.1. The fraction of sp³-hybridized carbons (Fsp3) is 0.769. The van der Waals surface area contributed by atoms with Gasteiger partial charge in [0.15, 0.2) is 0 Å². The molecule has 0 saturated heterocycles. The fourth-order valence-electron chi connectivity index (χ4n) is 0.500. The van der Waals surface area contributed by atoms with Gasteiger partial charge in [0.05, 0.1) is 17.9 Å². The van der Waals surface area contributed by atoms with Gasteiger partial charge in [-0.25, -0.2) is 0 Å². The molecule has 0 aliphatic carbocycles. The van der Waals surface area contributed by atoms with Crippen molar-refractivity contribution in [2.24, 2.45) is 0 Å². The van der Waals surface area contributed by atoms with Gasteiger partial charge in [0.1, 0.15) is 0 Å². The van der Waals surface area contributed by atoms with E-state index in [9.17, 15) is 29.7 Å². The van der Waals surface area contributed by atoms with Gasteiger partial charge in [-0.15, -0.1) is 0 Å². The molecule has 0 saturated carbocycles. The minimum atomic E-state index is -1.09. The van der Waals surface area contributed by atoms with Crippen molar-refractivity contribution in [2.75, 3.05) is 0 Å². The Morgan fingerprint density at radius 3 is 0.826 bits per heavy atom. The van der Waals surface area contributed by atoms with Crippen molar-refractivity contribution in [2.45, 2.75) is 60.7 Å². The zero-order valence-electron chi connectivity index (χ0n) is 13.6. The standard InChI is InChI=1S/3C4H8O2S.CH3.Sn/c3*1-2-3(7)4(5)6;;/h3*3,7H,2H2,1H3,(H,5,6);1H3;/q;;;;+3/p-3. The molecule has 0 aromatic carbocycles. The first-order chi connectivity index (χ1) is 10.5. The second-order valence-corrected chi connectivity index (χ2v) is 5.60. The van der Waals surface area contributed by atoms with Gasteiger partial charge in [0, 0.05) is 15.7 Å². The van der Waals surface area contributed by atoms with E-state index in [0.717, 1.165) is 0 Å².